The van der Waals surface area contributed by atoms with E-state index in [9.17, 15) is 9.59 Å². The van der Waals surface area contributed by atoms with E-state index in [0.717, 1.165) is 5.56 Å². The molecule has 0 radical (unpaired) electrons. The number of carbonyl (C=O) groups is 2. The lowest BCUT2D eigenvalue weighted by molar-refractivity contribution is -0.137. The van der Waals surface area contributed by atoms with Crippen molar-refractivity contribution in [3.8, 4) is 0 Å². The van der Waals surface area contributed by atoms with Gasteiger partial charge in [-0.25, -0.2) is 0 Å². The Kier molecular flexibility index (Phi) is 5.12. The number of aryl methyl sites for hydroxylation is 1. The fraction of sp³-hybridized carbons (Fsp3) is 0.333. The van der Waals surface area contributed by atoms with Crippen molar-refractivity contribution in [2.75, 3.05) is 5.32 Å². The average molecular weight is 271 g/mol. The third-order valence-corrected chi connectivity index (χ3v) is 2.85. The van der Waals surface area contributed by atoms with Crippen LogP contribution in [-0.4, -0.2) is 23.0 Å². The number of carboxylic acids is 1. The minimum absolute atomic E-state index is 0.0980. The molecule has 1 amide bonds. The van der Waals surface area contributed by atoms with Crippen molar-refractivity contribution in [3.05, 3.63) is 28.8 Å². The molecule has 1 rings (SSSR count). The van der Waals surface area contributed by atoms with Gasteiger partial charge in [0.25, 0.3) is 0 Å². The van der Waals surface area contributed by atoms with Crippen LogP contribution in [0.5, 0.6) is 0 Å². The Morgan fingerprint density at radius 3 is 2.72 bits per heavy atom. The van der Waals surface area contributed by atoms with Gasteiger partial charge in [-0.2, -0.15) is 0 Å². The van der Waals surface area contributed by atoms with E-state index in [1.54, 1.807) is 18.2 Å². The van der Waals surface area contributed by atoms with E-state index in [1.165, 1.54) is 0 Å². The van der Waals surface area contributed by atoms with Crippen LogP contribution < -0.4 is 11.1 Å². The van der Waals surface area contributed by atoms with Crippen LogP contribution in [0.2, 0.25) is 5.02 Å². The highest BCUT2D eigenvalue weighted by Gasteiger charge is 2.15. The average Bonchev–Trinajstić information content (AvgIpc) is 2.30. The second-order valence-electron chi connectivity index (χ2n) is 3.99. The van der Waals surface area contributed by atoms with Gasteiger partial charge in [-0.15, -0.1) is 0 Å². The van der Waals surface area contributed by atoms with Crippen LogP contribution in [0.25, 0.3) is 0 Å². The molecule has 0 saturated carbocycles. The van der Waals surface area contributed by atoms with Crippen LogP contribution in [-0.2, 0) is 9.59 Å². The largest absolute Gasteiger partial charge is 0.481 e. The van der Waals surface area contributed by atoms with Gasteiger partial charge in [-0.1, -0.05) is 17.7 Å². The van der Waals surface area contributed by atoms with Crippen molar-refractivity contribution in [2.24, 2.45) is 5.73 Å². The molecule has 0 fully saturated rings. The number of nitrogens with one attached hydrogen (secondary N) is 1. The van der Waals surface area contributed by atoms with Crippen molar-refractivity contribution >= 4 is 29.2 Å². The molecule has 0 spiro atoms. The number of aliphatic carboxylic acids is 1. The second-order valence-corrected chi connectivity index (χ2v) is 4.40. The van der Waals surface area contributed by atoms with Gasteiger partial charge in [0, 0.05) is 17.1 Å². The molecule has 0 aliphatic carbocycles. The molecule has 0 bridgehead atoms. The number of anilines is 1. The van der Waals surface area contributed by atoms with Crippen molar-refractivity contribution in [2.45, 2.75) is 25.8 Å². The smallest absolute Gasteiger partial charge is 0.303 e. The minimum Gasteiger partial charge on any atom is -0.481 e. The van der Waals surface area contributed by atoms with E-state index in [0.29, 0.717) is 10.7 Å². The van der Waals surface area contributed by atoms with Crippen molar-refractivity contribution in [1.82, 2.24) is 0 Å². The van der Waals surface area contributed by atoms with Crippen LogP contribution in [0.3, 0.4) is 0 Å². The van der Waals surface area contributed by atoms with Crippen molar-refractivity contribution in [1.29, 1.82) is 0 Å². The topological polar surface area (TPSA) is 92.4 Å². The van der Waals surface area contributed by atoms with Crippen LogP contribution in [0.4, 0.5) is 5.69 Å². The lowest BCUT2D eigenvalue weighted by atomic mass is 10.1. The molecule has 1 unspecified atom stereocenters. The maximum absolute atomic E-state index is 11.6. The number of halogens is 1. The summed E-state index contributed by atoms with van der Waals surface area (Å²) in [5.41, 5.74) is 7.02. The Morgan fingerprint density at radius 1 is 1.50 bits per heavy atom. The van der Waals surface area contributed by atoms with E-state index >= 15 is 0 Å². The standard InChI is InChI=1S/C12H15ClN2O3/c1-7-2-3-8(6-9(7)13)15-12(18)10(14)4-5-11(16)17/h2-3,6,10H,4-5,14H2,1H3,(H,15,18)(H,16,17). The van der Waals surface area contributed by atoms with Crippen LogP contribution in [0.15, 0.2) is 18.2 Å². The van der Waals surface area contributed by atoms with Gasteiger partial charge in [0.05, 0.1) is 6.04 Å². The molecule has 0 aromatic heterocycles. The molecule has 18 heavy (non-hydrogen) atoms. The van der Waals surface area contributed by atoms with Crippen LogP contribution >= 0.6 is 11.6 Å². The Bertz CT molecular complexity index is 463. The molecule has 1 aromatic carbocycles. The molecular formula is C12H15ClN2O3. The SMILES string of the molecule is Cc1ccc(NC(=O)C(N)CCC(=O)O)cc1Cl. The summed E-state index contributed by atoms with van der Waals surface area (Å²) in [4.78, 5) is 22.0. The number of carboxylic acid groups (broad SMARTS) is 1. The first kappa shape index (κ1) is 14.5. The Hall–Kier alpha value is -1.59. The molecule has 0 aliphatic heterocycles. The maximum atomic E-state index is 11.6. The number of hydrogen-bond acceptors (Lipinski definition) is 3. The number of carbonyl (C=O) groups excluding carboxylic acids is 1. The quantitative estimate of drug-likeness (QED) is 0.760. The number of amides is 1. The van der Waals surface area contributed by atoms with Gasteiger partial charge >= 0.3 is 5.97 Å². The maximum Gasteiger partial charge on any atom is 0.303 e. The van der Waals surface area contributed by atoms with E-state index < -0.39 is 17.9 Å². The summed E-state index contributed by atoms with van der Waals surface area (Å²) in [7, 11) is 0. The fourth-order valence-corrected chi connectivity index (χ4v) is 1.50. The number of nitrogens with two attached hydrogens (primary N) is 1. The third-order valence-electron chi connectivity index (χ3n) is 2.45. The molecule has 6 heteroatoms. The zero-order valence-electron chi connectivity index (χ0n) is 9.94. The Balaban J connectivity index is 2.58. The number of benzene rings is 1. The molecule has 0 heterocycles. The molecule has 98 valence electrons. The third kappa shape index (κ3) is 4.35. The summed E-state index contributed by atoms with van der Waals surface area (Å²) in [6, 6.07) is 4.27. The van der Waals surface area contributed by atoms with E-state index in [1.807, 2.05) is 6.92 Å². The van der Waals surface area contributed by atoms with E-state index in [2.05, 4.69) is 5.32 Å². The highest BCUT2D eigenvalue weighted by molar-refractivity contribution is 6.31. The monoisotopic (exact) mass is 270 g/mol. The normalized spacial score (nSPS) is 11.9. The first-order valence-electron chi connectivity index (χ1n) is 5.44. The summed E-state index contributed by atoms with van der Waals surface area (Å²) in [5, 5.41) is 11.6. The summed E-state index contributed by atoms with van der Waals surface area (Å²) < 4.78 is 0. The lowest BCUT2D eigenvalue weighted by Gasteiger charge is -2.11. The molecular weight excluding hydrogens is 256 g/mol. The Morgan fingerprint density at radius 2 is 2.17 bits per heavy atom. The highest BCUT2D eigenvalue weighted by atomic mass is 35.5. The van der Waals surface area contributed by atoms with Crippen LogP contribution in [0.1, 0.15) is 18.4 Å². The van der Waals surface area contributed by atoms with Gasteiger partial charge in [0.15, 0.2) is 0 Å². The minimum atomic E-state index is -0.975. The van der Waals surface area contributed by atoms with Crippen molar-refractivity contribution < 1.29 is 14.7 Å². The highest BCUT2D eigenvalue weighted by Crippen LogP contribution is 2.20. The predicted octanol–water partition coefficient (Wildman–Crippen LogP) is 1.78. The molecule has 1 aromatic rings. The molecule has 0 saturated heterocycles. The zero-order chi connectivity index (χ0) is 13.7. The summed E-state index contributed by atoms with van der Waals surface area (Å²) in [6.07, 6.45) is -0.0377. The van der Waals surface area contributed by atoms with Crippen LogP contribution in [0, 0.1) is 6.92 Å². The zero-order valence-corrected chi connectivity index (χ0v) is 10.7. The molecule has 1 atom stereocenters. The van der Waals surface area contributed by atoms with Crippen molar-refractivity contribution in [3.63, 3.8) is 0 Å². The molecule has 0 aliphatic rings. The molecule has 5 nitrogen and oxygen atoms in total. The number of hydrogen-bond donors (Lipinski definition) is 3. The fourth-order valence-electron chi connectivity index (χ4n) is 1.32. The predicted molar refractivity (Wildman–Crippen MR) is 69.7 cm³/mol. The number of rotatable bonds is 5. The summed E-state index contributed by atoms with van der Waals surface area (Å²) in [6.45, 7) is 1.85. The van der Waals surface area contributed by atoms with E-state index in [4.69, 9.17) is 22.4 Å². The Labute approximate surface area is 110 Å². The summed E-state index contributed by atoms with van der Waals surface area (Å²) >= 11 is 5.92. The lowest BCUT2D eigenvalue weighted by Crippen LogP contribution is -2.36. The van der Waals surface area contributed by atoms with Gasteiger partial charge in [-0.05, 0) is 31.0 Å². The van der Waals surface area contributed by atoms with E-state index in [-0.39, 0.29) is 12.8 Å². The van der Waals surface area contributed by atoms with Gasteiger partial charge < -0.3 is 16.2 Å². The molecule has 4 N–H and O–H groups in total. The summed E-state index contributed by atoms with van der Waals surface area (Å²) in [5.74, 6) is -1.40. The second kappa shape index (κ2) is 6.37. The first-order chi connectivity index (χ1) is 8.40. The van der Waals surface area contributed by atoms with Gasteiger partial charge in [0.2, 0.25) is 5.91 Å². The van der Waals surface area contributed by atoms with Gasteiger partial charge in [0.1, 0.15) is 0 Å². The first-order valence-corrected chi connectivity index (χ1v) is 5.82. The van der Waals surface area contributed by atoms with Gasteiger partial charge in [-0.3, -0.25) is 9.59 Å².